The summed E-state index contributed by atoms with van der Waals surface area (Å²) in [7, 11) is 3.06. The van der Waals surface area contributed by atoms with Gasteiger partial charge in [0.15, 0.2) is 0 Å². The number of nitrogens with zero attached hydrogens (tertiary/aromatic N) is 4. The molecule has 4 rings (SSSR count). The second-order valence-electron chi connectivity index (χ2n) is 7.94. The number of fused-ring (bicyclic) bond motifs is 1. The Morgan fingerprint density at radius 1 is 1.06 bits per heavy atom. The Morgan fingerprint density at radius 3 is 2.56 bits per heavy atom. The Bertz CT molecular complexity index is 1340. The number of carbonyl (C=O) groups is 2. The molecule has 1 atom stereocenters. The lowest BCUT2D eigenvalue weighted by Gasteiger charge is -2.31. The Hall–Kier alpha value is -4.31. The summed E-state index contributed by atoms with van der Waals surface area (Å²) in [6.45, 7) is 0.315. The van der Waals surface area contributed by atoms with Gasteiger partial charge in [0.05, 0.1) is 19.2 Å². The molecule has 9 nitrogen and oxygen atoms in total. The average molecular weight is 492 g/mol. The van der Waals surface area contributed by atoms with E-state index in [0.29, 0.717) is 29.0 Å². The highest BCUT2D eigenvalue weighted by atomic mass is 19.1. The van der Waals surface area contributed by atoms with E-state index >= 15 is 0 Å². The lowest BCUT2D eigenvalue weighted by atomic mass is 10.0. The van der Waals surface area contributed by atoms with Crippen molar-refractivity contribution in [3.8, 4) is 5.75 Å². The van der Waals surface area contributed by atoms with Gasteiger partial charge in [0, 0.05) is 19.3 Å². The summed E-state index contributed by atoms with van der Waals surface area (Å²) < 4.78 is 26.0. The van der Waals surface area contributed by atoms with E-state index in [4.69, 9.17) is 9.47 Å². The van der Waals surface area contributed by atoms with Crippen LogP contribution >= 0.6 is 0 Å². The minimum atomic E-state index is -1.10. The first-order valence-corrected chi connectivity index (χ1v) is 11.3. The number of ether oxygens (including phenoxy) is 2. The monoisotopic (exact) mass is 491 g/mol. The third-order valence-electron chi connectivity index (χ3n) is 5.60. The fourth-order valence-electron chi connectivity index (χ4n) is 3.88. The van der Waals surface area contributed by atoms with Gasteiger partial charge in [-0.05, 0) is 48.0 Å². The molecule has 0 unspecified atom stereocenters. The SMILES string of the molecule is COCCNC(=O)[C@@H](c1ccc(OC)cc1)N(C(=O)Cn1nnc2ccccc21)c1cccc(F)c1. The number of rotatable bonds is 10. The lowest BCUT2D eigenvalue weighted by molar-refractivity contribution is -0.127. The van der Waals surface area contributed by atoms with Crippen LogP contribution in [0.3, 0.4) is 0 Å². The number of benzene rings is 3. The van der Waals surface area contributed by atoms with Gasteiger partial charge in [0.25, 0.3) is 0 Å². The molecule has 0 aliphatic carbocycles. The van der Waals surface area contributed by atoms with Crippen molar-refractivity contribution in [3.63, 3.8) is 0 Å². The first kappa shape index (κ1) is 24.8. The van der Waals surface area contributed by atoms with Crippen molar-refractivity contribution in [3.05, 3.63) is 84.2 Å². The van der Waals surface area contributed by atoms with Gasteiger partial charge in [0.2, 0.25) is 11.8 Å². The minimum Gasteiger partial charge on any atom is -0.497 e. The number of para-hydroxylation sites is 1. The van der Waals surface area contributed by atoms with Crippen LogP contribution in [-0.2, 0) is 20.9 Å². The largest absolute Gasteiger partial charge is 0.497 e. The van der Waals surface area contributed by atoms with Crippen LogP contribution in [0, 0.1) is 5.82 Å². The Balaban J connectivity index is 1.77. The summed E-state index contributed by atoms with van der Waals surface area (Å²) in [5.74, 6) is -0.864. The third-order valence-corrected chi connectivity index (χ3v) is 5.60. The van der Waals surface area contributed by atoms with Gasteiger partial charge in [-0.1, -0.05) is 35.5 Å². The predicted octanol–water partition coefficient (Wildman–Crippen LogP) is 3.12. The molecule has 0 radical (unpaired) electrons. The molecular weight excluding hydrogens is 465 g/mol. The standard InChI is InChI=1S/C26H26FN5O4/c1-35-15-14-28-26(34)25(18-10-12-21(36-2)13-11-18)32(20-7-5-6-19(27)16-20)24(33)17-31-23-9-4-3-8-22(23)29-30-31/h3-13,16,25H,14-15,17H2,1-2H3,(H,28,34)/t25-/m1/s1. The minimum absolute atomic E-state index is 0.213. The fourth-order valence-corrected chi connectivity index (χ4v) is 3.88. The molecular formula is C26H26FN5O4. The molecule has 36 heavy (non-hydrogen) atoms. The van der Waals surface area contributed by atoms with Crippen molar-refractivity contribution < 1.29 is 23.5 Å². The fraction of sp³-hybridized carbons (Fsp3) is 0.231. The number of hydrogen-bond acceptors (Lipinski definition) is 6. The number of nitrogens with one attached hydrogen (secondary N) is 1. The molecule has 0 saturated carbocycles. The molecule has 0 aliphatic rings. The molecule has 1 aromatic heterocycles. The van der Waals surface area contributed by atoms with Gasteiger partial charge in [0.1, 0.15) is 29.7 Å². The van der Waals surface area contributed by atoms with E-state index in [1.54, 1.807) is 42.5 Å². The van der Waals surface area contributed by atoms with Crippen LogP contribution in [0.2, 0.25) is 0 Å². The Kier molecular flexibility index (Phi) is 7.86. The zero-order chi connectivity index (χ0) is 25.5. The van der Waals surface area contributed by atoms with Crippen molar-refractivity contribution in [1.82, 2.24) is 20.3 Å². The molecule has 3 aromatic carbocycles. The molecule has 0 spiro atoms. The number of amides is 2. The zero-order valence-corrected chi connectivity index (χ0v) is 19.9. The van der Waals surface area contributed by atoms with Crippen LogP contribution < -0.4 is 15.0 Å². The molecule has 10 heteroatoms. The quantitative estimate of drug-likeness (QED) is 0.342. The van der Waals surface area contributed by atoms with Crippen molar-refractivity contribution in [2.45, 2.75) is 12.6 Å². The molecule has 1 N–H and O–H groups in total. The van der Waals surface area contributed by atoms with Crippen LogP contribution in [0.15, 0.2) is 72.8 Å². The van der Waals surface area contributed by atoms with Crippen LogP contribution in [0.1, 0.15) is 11.6 Å². The topological polar surface area (TPSA) is 98.6 Å². The maximum Gasteiger partial charge on any atom is 0.249 e. The summed E-state index contributed by atoms with van der Waals surface area (Å²) in [5.41, 5.74) is 2.04. The number of methoxy groups -OCH3 is 2. The number of hydrogen-bond donors (Lipinski definition) is 1. The van der Waals surface area contributed by atoms with Crippen LogP contribution in [0.5, 0.6) is 5.75 Å². The number of anilines is 1. The zero-order valence-electron chi connectivity index (χ0n) is 19.9. The molecule has 1 heterocycles. The summed E-state index contributed by atoms with van der Waals surface area (Å²) in [4.78, 5) is 28.6. The third kappa shape index (κ3) is 5.49. The number of halogens is 1. The Morgan fingerprint density at radius 2 is 1.83 bits per heavy atom. The second kappa shape index (κ2) is 11.4. The van der Waals surface area contributed by atoms with Crippen molar-refractivity contribution in [2.75, 3.05) is 32.3 Å². The summed E-state index contributed by atoms with van der Waals surface area (Å²) in [6.07, 6.45) is 0. The highest BCUT2D eigenvalue weighted by Crippen LogP contribution is 2.30. The van der Waals surface area contributed by atoms with Crippen molar-refractivity contribution >= 4 is 28.5 Å². The smallest absolute Gasteiger partial charge is 0.249 e. The van der Waals surface area contributed by atoms with Gasteiger partial charge in [-0.15, -0.1) is 5.10 Å². The maximum absolute atomic E-state index is 14.3. The van der Waals surface area contributed by atoms with E-state index in [9.17, 15) is 14.0 Å². The molecule has 0 saturated heterocycles. The van der Waals surface area contributed by atoms with Crippen molar-refractivity contribution in [2.24, 2.45) is 0 Å². The van der Waals surface area contributed by atoms with Gasteiger partial charge in [-0.3, -0.25) is 14.5 Å². The maximum atomic E-state index is 14.3. The van der Waals surface area contributed by atoms with E-state index in [0.717, 1.165) is 0 Å². The van der Waals surface area contributed by atoms with Gasteiger partial charge < -0.3 is 14.8 Å². The molecule has 186 valence electrons. The highest BCUT2D eigenvalue weighted by molar-refractivity contribution is 6.01. The Labute approximate surface area is 207 Å². The summed E-state index contributed by atoms with van der Waals surface area (Å²) >= 11 is 0. The molecule has 4 aromatic rings. The van der Waals surface area contributed by atoms with Gasteiger partial charge >= 0.3 is 0 Å². The normalized spacial score (nSPS) is 11.8. The first-order chi connectivity index (χ1) is 17.5. The van der Waals surface area contributed by atoms with E-state index in [-0.39, 0.29) is 18.8 Å². The molecule has 2 amide bonds. The second-order valence-corrected chi connectivity index (χ2v) is 7.94. The van der Waals surface area contributed by atoms with Crippen LogP contribution in [0.25, 0.3) is 11.0 Å². The van der Waals surface area contributed by atoms with Gasteiger partial charge in [-0.2, -0.15) is 0 Å². The van der Waals surface area contributed by atoms with E-state index in [2.05, 4.69) is 15.6 Å². The molecule has 0 bridgehead atoms. The molecule has 0 aliphatic heterocycles. The van der Waals surface area contributed by atoms with E-state index < -0.39 is 23.7 Å². The van der Waals surface area contributed by atoms with Gasteiger partial charge in [-0.25, -0.2) is 9.07 Å². The average Bonchev–Trinajstić information content (AvgIpc) is 3.30. The van der Waals surface area contributed by atoms with Crippen molar-refractivity contribution in [1.29, 1.82) is 0 Å². The van der Waals surface area contributed by atoms with E-state index in [1.807, 2.05) is 12.1 Å². The van der Waals surface area contributed by atoms with E-state index in [1.165, 1.54) is 42.0 Å². The van der Waals surface area contributed by atoms with Crippen LogP contribution in [-0.4, -0.2) is 54.2 Å². The highest BCUT2D eigenvalue weighted by Gasteiger charge is 2.33. The summed E-state index contributed by atoms with van der Waals surface area (Å²) in [6, 6.07) is 18.5. The number of aromatic nitrogens is 3. The van der Waals surface area contributed by atoms with Crippen LogP contribution in [0.4, 0.5) is 10.1 Å². The predicted molar refractivity (Wildman–Crippen MR) is 132 cm³/mol. The number of carbonyl (C=O) groups excluding carboxylic acids is 2. The first-order valence-electron chi connectivity index (χ1n) is 11.3. The lowest BCUT2D eigenvalue weighted by Crippen LogP contribution is -2.46. The summed E-state index contributed by atoms with van der Waals surface area (Å²) in [5, 5.41) is 11.0. The molecule has 0 fully saturated rings.